The zero-order valence-electron chi connectivity index (χ0n) is 17.8. The van der Waals surface area contributed by atoms with Crippen molar-refractivity contribution in [2.45, 2.75) is 32.7 Å². The number of aromatic nitrogens is 5. The first-order valence-electron chi connectivity index (χ1n) is 10.7. The fourth-order valence-electron chi connectivity index (χ4n) is 4.53. The highest BCUT2D eigenvalue weighted by atomic mass is 32.1. The van der Waals surface area contributed by atoms with Gasteiger partial charge in [0.1, 0.15) is 30.1 Å². The number of nitrogens with zero attached hydrogens (tertiary/aromatic N) is 7. The summed E-state index contributed by atoms with van der Waals surface area (Å²) in [7, 11) is 1.70. The zero-order valence-corrected chi connectivity index (χ0v) is 18.6. The zero-order chi connectivity index (χ0) is 21.5. The smallest absolute Gasteiger partial charge is 0.163 e. The van der Waals surface area contributed by atoms with Gasteiger partial charge in [0.2, 0.25) is 0 Å². The Bertz CT molecular complexity index is 1240. The Morgan fingerprint density at radius 3 is 2.78 bits per heavy atom. The SMILES string of the molecule is COc1ccc(CN2Cn3ncnc3-c3c2sc2c3CCN(Cc3ccncn3)C2)cc1. The lowest BCUT2D eigenvalue weighted by atomic mass is 10.0. The Morgan fingerprint density at radius 1 is 1.06 bits per heavy atom. The van der Waals surface area contributed by atoms with Crippen LogP contribution in [0.15, 0.2) is 49.2 Å². The molecule has 0 fully saturated rings. The summed E-state index contributed by atoms with van der Waals surface area (Å²) in [5.41, 5.74) is 5.00. The van der Waals surface area contributed by atoms with Crippen LogP contribution in [0.2, 0.25) is 0 Å². The molecule has 162 valence electrons. The molecule has 0 bridgehead atoms. The van der Waals surface area contributed by atoms with Crippen LogP contribution < -0.4 is 9.64 Å². The standard InChI is InChI=1S/C23H23N7OS/c1-31-18-4-2-16(3-5-18)10-29-15-30-22(26-14-27-30)21-19-7-9-28(12-20(19)32-23(21)29)11-17-6-8-24-13-25-17/h2-6,8,13-14H,7,9-12,15H2,1H3. The molecule has 0 atom stereocenters. The number of hydrogen-bond acceptors (Lipinski definition) is 8. The van der Waals surface area contributed by atoms with Crippen LogP contribution in [-0.4, -0.2) is 43.3 Å². The lowest BCUT2D eigenvalue weighted by Gasteiger charge is -2.30. The largest absolute Gasteiger partial charge is 0.497 e. The van der Waals surface area contributed by atoms with E-state index in [1.165, 1.54) is 26.6 Å². The van der Waals surface area contributed by atoms with Crippen LogP contribution in [0, 0.1) is 0 Å². The maximum absolute atomic E-state index is 5.31. The summed E-state index contributed by atoms with van der Waals surface area (Å²) in [5.74, 6) is 1.87. The third kappa shape index (κ3) is 3.43. The molecule has 0 radical (unpaired) electrons. The van der Waals surface area contributed by atoms with Crippen molar-refractivity contribution in [3.63, 3.8) is 0 Å². The molecule has 2 aliphatic heterocycles. The predicted octanol–water partition coefficient (Wildman–Crippen LogP) is 3.34. The second-order valence-corrected chi connectivity index (χ2v) is 9.20. The second kappa shape index (κ2) is 7.99. The highest BCUT2D eigenvalue weighted by Crippen LogP contribution is 2.47. The molecule has 3 aromatic heterocycles. The molecule has 0 saturated carbocycles. The molecule has 9 heteroatoms. The Hall–Kier alpha value is -3.30. The lowest BCUT2D eigenvalue weighted by molar-refractivity contribution is 0.246. The molecule has 8 nitrogen and oxygen atoms in total. The van der Waals surface area contributed by atoms with Crippen molar-refractivity contribution in [1.29, 1.82) is 0 Å². The Kier molecular flexibility index (Phi) is 4.84. The minimum absolute atomic E-state index is 0.707. The van der Waals surface area contributed by atoms with Gasteiger partial charge in [-0.25, -0.2) is 19.6 Å². The van der Waals surface area contributed by atoms with E-state index < -0.39 is 0 Å². The van der Waals surface area contributed by atoms with Crippen LogP contribution in [0.4, 0.5) is 5.00 Å². The lowest BCUT2D eigenvalue weighted by Crippen LogP contribution is -2.31. The van der Waals surface area contributed by atoms with Crippen molar-refractivity contribution in [1.82, 2.24) is 29.6 Å². The van der Waals surface area contributed by atoms with Gasteiger partial charge in [0.25, 0.3) is 0 Å². The quantitative estimate of drug-likeness (QED) is 0.466. The maximum atomic E-state index is 5.31. The van der Waals surface area contributed by atoms with Gasteiger partial charge in [0, 0.05) is 37.3 Å². The van der Waals surface area contributed by atoms with E-state index >= 15 is 0 Å². The summed E-state index contributed by atoms with van der Waals surface area (Å²) in [5, 5.41) is 5.80. The van der Waals surface area contributed by atoms with Crippen LogP contribution in [0.5, 0.6) is 5.75 Å². The van der Waals surface area contributed by atoms with Crippen molar-refractivity contribution < 1.29 is 4.74 Å². The molecule has 0 saturated heterocycles. The molecular formula is C23H23N7OS. The van der Waals surface area contributed by atoms with Crippen LogP contribution in [-0.2, 0) is 32.7 Å². The van der Waals surface area contributed by atoms with Crippen LogP contribution in [0.3, 0.4) is 0 Å². The van der Waals surface area contributed by atoms with Crippen LogP contribution >= 0.6 is 11.3 Å². The number of benzene rings is 1. The highest BCUT2D eigenvalue weighted by molar-refractivity contribution is 7.17. The summed E-state index contributed by atoms with van der Waals surface area (Å²) in [6.07, 6.45) is 6.11. The second-order valence-electron chi connectivity index (χ2n) is 8.12. The first kappa shape index (κ1) is 19.4. The van der Waals surface area contributed by atoms with Crippen molar-refractivity contribution in [3.8, 4) is 17.1 Å². The monoisotopic (exact) mass is 445 g/mol. The fourth-order valence-corrected chi connectivity index (χ4v) is 5.91. The molecular weight excluding hydrogens is 422 g/mol. The number of rotatable bonds is 5. The van der Waals surface area contributed by atoms with Crippen molar-refractivity contribution in [2.75, 3.05) is 18.6 Å². The Balaban J connectivity index is 1.31. The number of hydrogen-bond donors (Lipinski definition) is 0. The molecule has 4 aromatic rings. The number of methoxy groups -OCH3 is 1. The van der Waals surface area contributed by atoms with Gasteiger partial charge < -0.3 is 9.64 Å². The van der Waals surface area contributed by atoms with E-state index in [4.69, 9.17) is 4.74 Å². The summed E-state index contributed by atoms with van der Waals surface area (Å²) in [4.78, 5) is 19.3. The summed E-state index contributed by atoms with van der Waals surface area (Å²) in [6.45, 7) is 4.31. The summed E-state index contributed by atoms with van der Waals surface area (Å²) >= 11 is 1.90. The first-order valence-corrected chi connectivity index (χ1v) is 11.5. The number of anilines is 1. The number of ether oxygens (including phenoxy) is 1. The topological polar surface area (TPSA) is 72.2 Å². The van der Waals surface area contributed by atoms with Crippen LogP contribution in [0.25, 0.3) is 11.4 Å². The number of fused-ring (bicyclic) bond motifs is 5. The highest BCUT2D eigenvalue weighted by Gasteiger charge is 2.33. The normalized spacial score (nSPS) is 15.2. The third-order valence-electron chi connectivity index (χ3n) is 6.11. The molecule has 6 rings (SSSR count). The van der Waals surface area contributed by atoms with E-state index in [0.717, 1.165) is 49.9 Å². The van der Waals surface area contributed by atoms with E-state index in [1.807, 2.05) is 40.4 Å². The third-order valence-corrected chi connectivity index (χ3v) is 7.39. The van der Waals surface area contributed by atoms with Gasteiger partial charge in [-0.2, -0.15) is 5.10 Å². The van der Waals surface area contributed by atoms with Gasteiger partial charge in [-0.3, -0.25) is 4.90 Å². The maximum Gasteiger partial charge on any atom is 0.163 e. The molecule has 0 aliphatic carbocycles. The molecule has 5 heterocycles. The van der Waals surface area contributed by atoms with Crippen molar-refractivity contribution >= 4 is 16.3 Å². The van der Waals surface area contributed by atoms with Crippen molar-refractivity contribution in [3.05, 3.63) is 70.9 Å². The molecule has 0 unspecified atom stereocenters. The van der Waals surface area contributed by atoms with Gasteiger partial charge in [0.05, 0.1) is 18.4 Å². The minimum Gasteiger partial charge on any atom is -0.497 e. The van der Waals surface area contributed by atoms with Gasteiger partial charge in [-0.05, 0) is 35.7 Å². The minimum atomic E-state index is 0.707. The van der Waals surface area contributed by atoms with Gasteiger partial charge in [-0.1, -0.05) is 12.1 Å². The van der Waals surface area contributed by atoms with E-state index in [9.17, 15) is 0 Å². The molecule has 0 amide bonds. The number of thiophene rings is 1. The predicted molar refractivity (Wildman–Crippen MR) is 122 cm³/mol. The molecule has 0 N–H and O–H groups in total. The Labute approximate surface area is 190 Å². The van der Waals surface area contributed by atoms with Crippen molar-refractivity contribution in [2.24, 2.45) is 0 Å². The summed E-state index contributed by atoms with van der Waals surface area (Å²) < 4.78 is 7.33. The van der Waals surface area contributed by atoms with Gasteiger partial charge in [-0.15, -0.1) is 11.3 Å². The average Bonchev–Trinajstić information content (AvgIpc) is 3.44. The van der Waals surface area contributed by atoms with Gasteiger partial charge >= 0.3 is 0 Å². The van der Waals surface area contributed by atoms with E-state index in [-0.39, 0.29) is 0 Å². The Morgan fingerprint density at radius 2 is 1.97 bits per heavy atom. The van der Waals surface area contributed by atoms with Gasteiger partial charge in [0.15, 0.2) is 5.82 Å². The molecule has 32 heavy (non-hydrogen) atoms. The molecule has 1 aromatic carbocycles. The fraction of sp³-hybridized carbons (Fsp3) is 0.304. The van der Waals surface area contributed by atoms with E-state index in [0.29, 0.717) is 6.67 Å². The average molecular weight is 446 g/mol. The first-order chi connectivity index (χ1) is 15.8. The van der Waals surface area contributed by atoms with Crippen LogP contribution in [0.1, 0.15) is 21.7 Å². The summed E-state index contributed by atoms with van der Waals surface area (Å²) in [6, 6.07) is 10.3. The van der Waals surface area contributed by atoms with E-state index in [2.05, 4.69) is 42.0 Å². The molecule has 0 spiro atoms. The molecule has 2 aliphatic rings. The van der Waals surface area contributed by atoms with E-state index in [1.54, 1.807) is 19.8 Å².